The van der Waals surface area contributed by atoms with Gasteiger partial charge in [-0.05, 0) is 13.8 Å². The molecule has 0 radical (unpaired) electrons. The summed E-state index contributed by atoms with van der Waals surface area (Å²) in [6, 6.07) is 0. The lowest BCUT2D eigenvalue weighted by atomic mass is 10.3. The lowest BCUT2D eigenvalue weighted by molar-refractivity contribution is -0.149. The van der Waals surface area contributed by atoms with Gasteiger partial charge in [0.25, 0.3) is 10.1 Å². The SMILES string of the molecule is CCOC(=O)C[C@H](C(=O)OCC)S(=O)(=O)O. The zero-order valence-electron chi connectivity index (χ0n) is 9.00. The fourth-order valence-corrected chi connectivity index (χ4v) is 1.57. The predicted octanol–water partition coefficient (Wildman–Crippen LogP) is -0.241. The summed E-state index contributed by atoms with van der Waals surface area (Å²) < 4.78 is 39.3. The molecule has 0 bridgehead atoms. The van der Waals surface area contributed by atoms with Crippen LogP contribution in [-0.2, 0) is 29.2 Å². The number of carbonyl (C=O) groups excluding carboxylic acids is 2. The lowest BCUT2D eigenvalue weighted by Gasteiger charge is -2.11. The van der Waals surface area contributed by atoms with E-state index in [-0.39, 0.29) is 13.2 Å². The highest BCUT2D eigenvalue weighted by Crippen LogP contribution is 2.08. The van der Waals surface area contributed by atoms with Crippen molar-refractivity contribution in [2.45, 2.75) is 25.5 Å². The van der Waals surface area contributed by atoms with Crippen LogP contribution >= 0.6 is 0 Å². The second-order valence-corrected chi connectivity index (χ2v) is 4.36. The van der Waals surface area contributed by atoms with E-state index in [1.54, 1.807) is 0 Å². The van der Waals surface area contributed by atoms with Crippen LogP contribution in [0.4, 0.5) is 0 Å². The molecule has 16 heavy (non-hydrogen) atoms. The molecule has 0 amide bonds. The maximum atomic E-state index is 11.2. The number of hydrogen-bond donors (Lipinski definition) is 1. The predicted molar refractivity (Wildman–Crippen MR) is 53.2 cm³/mol. The smallest absolute Gasteiger partial charge is 0.327 e. The van der Waals surface area contributed by atoms with Gasteiger partial charge in [-0.3, -0.25) is 14.1 Å². The Kier molecular flexibility index (Phi) is 5.97. The Morgan fingerprint density at radius 2 is 1.69 bits per heavy atom. The molecule has 0 unspecified atom stereocenters. The molecule has 8 heteroatoms. The summed E-state index contributed by atoms with van der Waals surface area (Å²) in [5.41, 5.74) is 0. The van der Waals surface area contributed by atoms with Crippen molar-refractivity contribution in [3.05, 3.63) is 0 Å². The molecule has 0 aromatic rings. The van der Waals surface area contributed by atoms with E-state index < -0.39 is 33.7 Å². The van der Waals surface area contributed by atoms with Crippen molar-refractivity contribution in [1.29, 1.82) is 0 Å². The van der Waals surface area contributed by atoms with Crippen molar-refractivity contribution in [2.24, 2.45) is 0 Å². The van der Waals surface area contributed by atoms with Crippen LogP contribution in [0.3, 0.4) is 0 Å². The fraction of sp³-hybridized carbons (Fsp3) is 0.750. The summed E-state index contributed by atoms with van der Waals surface area (Å²) >= 11 is 0. The maximum absolute atomic E-state index is 11.2. The molecule has 0 saturated heterocycles. The average molecular weight is 254 g/mol. The summed E-state index contributed by atoms with van der Waals surface area (Å²) in [6.07, 6.45) is -0.758. The van der Waals surface area contributed by atoms with E-state index in [4.69, 9.17) is 4.55 Å². The number of esters is 2. The third kappa shape index (κ3) is 5.08. The minimum Gasteiger partial charge on any atom is -0.466 e. The Bertz CT molecular complexity index is 345. The van der Waals surface area contributed by atoms with Crippen molar-refractivity contribution in [2.75, 3.05) is 13.2 Å². The second-order valence-electron chi connectivity index (χ2n) is 2.76. The van der Waals surface area contributed by atoms with E-state index in [1.807, 2.05) is 0 Å². The molecule has 0 saturated carbocycles. The van der Waals surface area contributed by atoms with Gasteiger partial charge >= 0.3 is 11.9 Å². The van der Waals surface area contributed by atoms with Crippen molar-refractivity contribution in [3.8, 4) is 0 Å². The van der Waals surface area contributed by atoms with Crippen LogP contribution in [0.15, 0.2) is 0 Å². The van der Waals surface area contributed by atoms with E-state index in [9.17, 15) is 18.0 Å². The van der Waals surface area contributed by atoms with Gasteiger partial charge in [0.05, 0.1) is 19.6 Å². The summed E-state index contributed by atoms with van der Waals surface area (Å²) in [5.74, 6) is -2.06. The summed E-state index contributed by atoms with van der Waals surface area (Å²) in [6.45, 7) is 3.02. The quantitative estimate of drug-likeness (QED) is 0.514. The minimum atomic E-state index is -4.68. The van der Waals surface area contributed by atoms with E-state index in [1.165, 1.54) is 13.8 Å². The van der Waals surface area contributed by atoms with Gasteiger partial charge in [0.1, 0.15) is 0 Å². The second kappa shape index (κ2) is 6.44. The third-order valence-electron chi connectivity index (χ3n) is 1.57. The van der Waals surface area contributed by atoms with E-state index in [0.29, 0.717) is 0 Å². The number of hydrogen-bond acceptors (Lipinski definition) is 6. The van der Waals surface area contributed by atoms with Gasteiger partial charge in [0.15, 0.2) is 5.25 Å². The third-order valence-corrected chi connectivity index (χ3v) is 2.64. The molecule has 0 aliphatic heterocycles. The molecular weight excluding hydrogens is 240 g/mol. The number of carbonyl (C=O) groups is 2. The molecule has 0 aromatic carbocycles. The highest BCUT2D eigenvalue weighted by molar-refractivity contribution is 7.87. The van der Waals surface area contributed by atoms with Crippen LogP contribution in [0, 0.1) is 0 Å². The Morgan fingerprint density at radius 3 is 2.06 bits per heavy atom. The first-order valence-electron chi connectivity index (χ1n) is 4.61. The molecule has 7 nitrogen and oxygen atoms in total. The molecule has 0 rings (SSSR count). The fourth-order valence-electron chi connectivity index (χ4n) is 0.917. The zero-order chi connectivity index (χ0) is 12.8. The van der Waals surface area contributed by atoms with Gasteiger partial charge in [-0.2, -0.15) is 8.42 Å². The van der Waals surface area contributed by atoms with Crippen LogP contribution in [0.5, 0.6) is 0 Å². The average Bonchev–Trinajstić information content (AvgIpc) is 2.13. The topological polar surface area (TPSA) is 107 Å². The first-order chi connectivity index (χ1) is 7.32. The summed E-state index contributed by atoms with van der Waals surface area (Å²) in [7, 11) is -4.68. The van der Waals surface area contributed by atoms with Gasteiger partial charge in [0, 0.05) is 0 Å². The number of rotatable bonds is 6. The van der Waals surface area contributed by atoms with Gasteiger partial charge < -0.3 is 9.47 Å². The van der Waals surface area contributed by atoms with Crippen LogP contribution < -0.4 is 0 Å². The van der Waals surface area contributed by atoms with Gasteiger partial charge in [-0.25, -0.2) is 0 Å². The Morgan fingerprint density at radius 1 is 1.19 bits per heavy atom. The summed E-state index contributed by atoms with van der Waals surface area (Å²) in [4.78, 5) is 22.2. The van der Waals surface area contributed by atoms with Gasteiger partial charge in [-0.15, -0.1) is 0 Å². The van der Waals surface area contributed by atoms with E-state index in [2.05, 4.69) is 9.47 Å². The first-order valence-corrected chi connectivity index (χ1v) is 6.11. The summed E-state index contributed by atoms with van der Waals surface area (Å²) in [5, 5.41) is -1.92. The molecule has 94 valence electrons. The molecule has 0 spiro atoms. The van der Waals surface area contributed by atoms with Gasteiger partial charge in [-0.1, -0.05) is 0 Å². The highest BCUT2D eigenvalue weighted by Gasteiger charge is 2.35. The van der Waals surface area contributed by atoms with E-state index >= 15 is 0 Å². The molecule has 1 N–H and O–H groups in total. The van der Waals surface area contributed by atoms with Crippen molar-refractivity contribution >= 4 is 22.1 Å². The largest absolute Gasteiger partial charge is 0.466 e. The van der Waals surface area contributed by atoms with E-state index in [0.717, 1.165) is 0 Å². The molecule has 0 aromatic heterocycles. The van der Waals surface area contributed by atoms with Crippen molar-refractivity contribution in [1.82, 2.24) is 0 Å². The molecule has 0 fully saturated rings. The zero-order valence-corrected chi connectivity index (χ0v) is 9.82. The van der Waals surface area contributed by atoms with Crippen molar-refractivity contribution < 1.29 is 32.0 Å². The molecule has 0 heterocycles. The van der Waals surface area contributed by atoms with Crippen molar-refractivity contribution in [3.63, 3.8) is 0 Å². The minimum absolute atomic E-state index is 0.0479. The molecule has 0 aliphatic carbocycles. The van der Waals surface area contributed by atoms with Crippen LogP contribution in [-0.4, -0.2) is 43.4 Å². The monoisotopic (exact) mass is 254 g/mol. The normalized spacial score (nSPS) is 12.9. The Labute approximate surface area is 93.5 Å². The first kappa shape index (κ1) is 14.8. The molecule has 0 aliphatic rings. The molecular formula is C8H14O7S. The lowest BCUT2D eigenvalue weighted by Crippen LogP contribution is -2.34. The number of ether oxygens (including phenoxy) is 2. The van der Waals surface area contributed by atoms with Crippen LogP contribution in [0.1, 0.15) is 20.3 Å². The maximum Gasteiger partial charge on any atom is 0.327 e. The van der Waals surface area contributed by atoms with Crippen LogP contribution in [0.2, 0.25) is 0 Å². The highest BCUT2D eigenvalue weighted by atomic mass is 32.2. The Balaban J connectivity index is 4.71. The standard InChI is InChI=1S/C8H14O7S/c1-3-14-7(9)5-6(16(11,12)13)8(10)15-4-2/h6H,3-5H2,1-2H3,(H,11,12,13)/t6-/m1/s1. The Hall–Kier alpha value is -1.15. The van der Waals surface area contributed by atoms with Crippen LogP contribution in [0.25, 0.3) is 0 Å². The molecule has 1 atom stereocenters. The van der Waals surface area contributed by atoms with Gasteiger partial charge in [0.2, 0.25) is 0 Å².